The van der Waals surface area contributed by atoms with Gasteiger partial charge in [0, 0.05) is 30.6 Å². The van der Waals surface area contributed by atoms with Gasteiger partial charge in [0.15, 0.2) is 5.65 Å². The molecular formula is C24H28N4O. The summed E-state index contributed by atoms with van der Waals surface area (Å²) in [6.07, 6.45) is 7.02. The molecular weight excluding hydrogens is 360 g/mol. The van der Waals surface area contributed by atoms with Crippen LogP contribution in [-0.4, -0.2) is 27.2 Å². The molecule has 0 saturated heterocycles. The summed E-state index contributed by atoms with van der Waals surface area (Å²) in [4.78, 5) is 18.2. The summed E-state index contributed by atoms with van der Waals surface area (Å²) < 4.78 is 1.80. The molecule has 29 heavy (non-hydrogen) atoms. The van der Waals surface area contributed by atoms with Gasteiger partial charge in [0.25, 0.3) is 5.91 Å². The van der Waals surface area contributed by atoms with E-state index in [4.69, 9.17) is 4.98 Å². The van der Waals surface area contributed by atoms with E-state index in [-0.39, 0.29) is 11.3 Å². The first-order valence-corrected chi connectivity index (χ1v) is 10.8. The van der Waals surface area contributed by atoms with E-state index in [9.17, 15) is 4.79 Å². The molecule has 2 fully saturated rings. The number of carbonyl (C=O) groups excluding carboxylic acids is 1. The van der Waals surface area contributed by atoms with Gasteiger partial charge in [-0.15, -0.1) is 0 Å². The first-order chi connectivity index (χ1) is 14.1. The molecule has 3 aromatic rings. The van der Waals surface area contributed by atoms with Crippen molar-refractivity contribution in [1.29, 1.82) is 0 Å². The second-order valence-electron chi connectivity index (χ2n) is 8.81. The first kappa shape index (κ1) is 18.3. The lowest BCUT2D eigenvalue weighted by Crippen LogP contribution is -2.39. The van der Waals surface area contributed by atoms with E-state index in [1.54, 1.807) is 4.68 Å². The molecule has 0 bridgehead atoms. The predicted molar refractivity (Wildman–Crippen MR) is 114 cm³/mol. The van der Waals surface area contributed by atoms with E-state index in [1.165, 1.54) is 18.4 Å². The van der Waals surface area contributed by atoms with Gasteiger partial charge in [-0.05, 0) is 44.2 Å². The third-order valence-electron chi connectivity index (χ3n) is 6.76. The van der Waals surface area contributed by atoms with Gasteiger partial charge < -0.3 is 5.32 Å². The minimum absolute atomic E-state index is 0.00222. The number of fused-ring (bicyclic) bond motifs is 1. The van der Waals surface area contributed by atoms with Crippen LogP contribution >= 0.6 is 0 Å². The molecule has 0 atom stereocenters. The van der Waals surface area contributed by atoms with Crippen LogP contribution in [0, 0.1) is 6.92 Å². The molecule has 2 aliphatic carbocycles. The maximum absolute atomic E-state index is 13.4. The molecule has 2 heterocycles. The van der Waals surface area contributed by atoms with Crippen molar-refractivity contribution < 1.29 is 4.79 Å². The van der Waals surface area contributed by atoms with Crippen LogP contribution in [-0.2, 0) is 12.5 Å². The fourth-order valence-corrected chi connectivity index (χ4v) is 4.99. The number of benzene rings is 1. The zero-order valence-electron chi connectivity index (χ0n) is 17.2. The second kappa shape index (κ2) is 6.97. The Labute approximate surface area is 171 Å². The van der Waals surface area contributed by atoms with Crippen molar-refractivity contribution in [2.75, 3.05) is 6.54 Å². The number of hydrogen-bond donors (Lipinski definition) is 1. The van der Waals surface area contributed by atoms with Crippen molar-refractivity contribution >= 4 is 16.9 Å². The standard InChI is InChI=1S/C24H28N4O/c1-16-21-19(14-20(17-10-11-17)26-22(21)28(2)27-16)23(29)25-15-24(12-6-7-13-24)18-8-4-3-5-9-18/h3-5,8-9,14,17H,6-7,10-13,15H2,1-2H3,(H,25,29). The van der Waals surface area contributed by atoms with Crippen molar-refractivity contribution in [3.05, 3.63) is 58.9 Å². The number of nitrogens with zero attached hydrogens (tertiary/aromatic N) is 3. The largest absolute Gasteiger partial charge is 0.351 e. The third kappa shape index (κ3) is 3.22. The molecule has 0 radical (unpaired) electrons. The summed E-state index contributed by atoms with van der Waals surface area (Å²) in [6, 6.07) is 12.7. The van der Waals surface area contributed by atoms with Crippen LogP contribution in [0.5, 0.6) is 0 Å². The Balaban J connectivity index is 1.47. The van der Waals surface area contributed by atoms with E-state index in [2.05, 4.69) is 40.7 Å². The molecule has 2 saturated carbocycles. The van der Waals surface area contributed by atoms with Crippen LogP contribution in [0.4, 0.5) is 0 Å². The van der Waals surface area contributed by atoms with Crippen molar-refractivity contribution in [1.82, 2.24) is 20.1 Å². The molecule has 1 aromatic carbocycles. The number of nitrogens with one attached hydrogen (secondary N) is 1. The van der Waals surface area contributed by atoms with Crippen LogP contribution in [0.15, 0.2) is 36.4 Å². The Morgan fingerprint density at radius 3 is 2.62 bits per heavy atom. The van der Waals surface area contributed by atoms with E-state index in [1.807, 2.05) is 20.0 Å². The average molecular weight is 389 g/mol. The summed E-state index contributed by atoms with van der Waals surface area (Å²) in [7, 11) is 1.91. The highest BCUT2D eigenvalue weighted by Crippen LogP contribution is 2.42. The lowest BCUT2D eigenvalue weighted by atomic mass is 9.79. The van der Waals surface area contributed by atoms with E-state index in [0.29, 0.717) is 12.5 Å². The van der Waals surface area contributed by atoms with Crippen LogP contribution in [0.3, 0.4) is 0 Å². The number of pyridine rings is 1. The smallest absolute Gasteiger partial charge is 0.252 e. The SMILES string of the molecule is Cc1nn(C)c2nc(C3CC3)cc(C(=O)NCC3(c4ccccc4)CCCC3)c12. The predicted octanol–water partition coefficient (Wildman–Crippen LogP) is 4.40. The van der Waals surface area contributed by atoms with E-state index >= 15 is 0 Å². The van der Waals surface area contributed by atoms with Crippen LogP contribution in [0.25, 0.3) is 11.0 Å². The zero-order chi connectivity index (χ0) is 20.0. The fraction of sp³-hybridized carbons (Fsp3) is 0.458. The number of hydrogen-bond acceptors (Lipinski definition) is 3. The highest BCUT2D eigenvalue weighted by atomic mass is 16.1. The summed E-state index contributed by atoms with van der Waals surface area (Å²) in [5.41, 5.74) is 4.82. The number of amides is 1. The maximum Gasteiger partial charge on any atom is 0.252 e. The van der Waals surface area contributed by atoms with Gasteiger partial charge in [-0.1, -0.05) is 43.2 Å². The first-order valence-electron chi connectivity index (χ1n) is 10.8. The maximum atomic E-state index is 13.4. The van der Waals surface area contributed by atoms with Gasteiger partial charge >= 0.3 is 0 Å². The number of aryl methyl sites for hydroxylation is 2. The molecule has 5 rings (SSSR count). The lowest BCUT2D eigenvalue weighted by Gasteiger charge is -2.30. The molecule has 150 valence electrons. The number of carbonyl (C=O) groups is 1. The Bertz CT molecular complexity index is 1060. The molecule has 0 spiro atoms. The monoisotopic (exact) mass is 388 g/mol. The Morgan fingerprint density at radius 2 is 1.93 bits per heavy atom. The third-order valence-corrected chi connectivity index (χ3v) is 6.76. The minimum Gasteiger partial charge on any atom is -0.351 e. The topological polar surface area (TPSA) is 59.8 Å². The molecule has 1 amide bonds. The normalized spacial score (nSPS) is 18.3. The summed E-state index contributed by atoms with van der Waals surface area (Å²) >= 11 is 0. The van der Waals surface area contributed by atoms with Gasteiger partial charge in [-0.3, -0.25) is 9.48 Å². The van der Waals surface area contributed by atoms with Gasteiger partial charge in [-0.2, -0.15) is 5.10 Å². The highest BCUT2D eigenvalue weighted by Gasteiger charge is 2.36. The zero-order valence-corrected chi connectivity index (χ0v) is 17.2. The lowest BCUT2D eigenvalue weighted by molar-refractivity contribution is 0.0944. The molecule has 1 N–H and O–H groups in total. The van der Waals surface area contributed by atoms with E-state index < -0.39 is 0 Å². The quantitative estimate of drug-likeness (QED) is 0.705. The molecule has 0 unspecified atom stereocenters. The fourth-order valence-electron chi connectivity index (χ4n) is 4.99. The molecule has 5 nitrogen and oxygen atoms in total. The Morgan fingerprint density at radius 1 is 1.21 bits per heavy atom. The molecule has 2 aliphatic rings. The molecule has 2 aromatic heterocycles. The highest BCUT2D eigenvalue weighted by molar-refractivity contribution is 6.06. The van der Waals surface area contributed by atoms with Crippen LogP contribution < -0.4 is 5.32 Å². The number of rotatable bonds is 5. The van der Waals surface area contributed by atoms with Gasteiger partial charge in [-0.25, -0.2) is 4.98 Å². The number of aromatic nitrogens is 3. The van der Waals surface area contributed by atoms with Gasteiger partial charge in [0.2, 0.25) is 0 Å². The summed E-state index contributed by atoms with van der Waals surface area (Å²) in [6.45, 7) is 2.64. The van der Waals surface area contributed by atoms with Crippen molar-refractivity contribution in [3.63, 3.8) is 0 Å². The van der Waals surface area contributed by atoms with E-state index in [0.717, 1.165) is 53.7 Å². The Hall–Kier alpha value is -2.69. The van der Waals surface area contributed by atoms with Gasteiger partial charge in [0.05, 0.1) is 16.6 Å². The molecule has 0 aliphatic heterocycles. The average Bonchev–Trinajstić information content (AvgIpc) is 3.41. The summed E-state index contributed by atoms with van der Waals surface area (Å²) in [5, 5.41) is 8.70. The second-order valence-corrected chi connectivity index (χ2v) is 8.81. The van der Waals surface area contributed by atoms with Crippen LogP contribution in [0.2, 0.25) is 0 Å². The minimum atomic E-state index is -0.00222. The summed E-state index contributed by atoms with van der Waals surface area (Å²) in [5.74, 6) is 0.490. The van der Waals surface area contributed by atoms with Crippen LogP contribution in [0.1, 0.15) is 71.8 Å². The Kier molecular flexibility index (Phi) is 4.41. The van der Waals surface area contributed by atoms with Gasteiger partial charge in [0.1, 0.15) is 0 Å². The van der Waals surface area contributed by atoms with Crippen molar-refractivity contribution in [2.24, 2.45) is 7.05 Å². The van der Waals surface area contributed by atoms with Crippen molar-refractivity contribution in [2.45, 2.75) is 56.8 Å². The van der Waals surface area contributed by atoms with Crippen molar-refractivity contribution in [3.8, 4) is 0 Å². The molecule has 5 heteroatoms.